The van der Waals surface area contributed by atoms with Crippen molar-refractivity contribution in [3.63, 3.8) is 0 Å². The molecular formula is C19H26N6O. The van der Waals surface area contributed by atoms with Crippen molar-refractivity contribution in [3.8, 4) is 0 Å². The molecule has 26 heavy (non-hydrogen) atoms. The summed E-state index contributed by atoms with van der Waals surface area (Å²) in [5.74, 6) is 0.826. The van der Waals surface area contributed by atoms with Gasteiger partial charge < -0.3 is 10.3 Å². The molecule has 0 bridgehead atoms. The normalized spacial score (nSPS) is 18.6. The number of hydrogen-bond donors (Lipinski definition) is 2. The largest absolute Gasteiger partial charge is 0.368 e. The molecule has 3 heterocycles. The second-order valence-corrected chi connectivity index (χ2v) is 7.09. The SMILES string of the molecule is CCn1c(=O)[nH]c2cc3c(NCCN4CCCCC4C)ncnc3cc21. The highest BCUT2D eigenvalue weighted by atomic mass is 16.1. The van der Waals surface area contributed by atoms with Gasteiger partial charge in [-0.15, -0.1) is 0 Å². The molecule has 4 rings (SSSR count). The number of rotatable bonds is 5. The zero-order valence-electron chi connectivity index (χ0n) is 15.5. The molecule has 0 amide bonds. The number of nitrogens with zero attached hydrogens (tertiary/aromatic N) is 4. The Balaban J connectivity index is 1.59. The van der Waals surface area contributed by atoms with Crippen LogP contribution in [0.3, 0.4) is 0 Å². The average molecular weight is 354 g/mol. The Morgan fingerprint density at radius 1 is 1.31 bits per heavy atom. The number of likely N-dealkylation sites (tertiary alicyclic amines) is 1. The fourth-order valence-corrected chi connectivity index (χ4v) is 3.97. The van der Waals surface area contributed by atoms with Crippen molar-refractivity contribution in [2.45, 2.75) is 45.7 Å². The predicted octanol–water partition coefficient (Wildman–Crippen LogP) is 2.58. The number of fused-ring (bicyclic) bond motifs is 2. The van der Waals surface area contributed by atoms with E-state index in [9.17, 15) is 4.79 Å². The van der Waals surface area contributed by atoms with Crippen LogP contribution in [0.2, 0.25) is 0 Å². The standard InChI is InChI=1S/C19H26N6O/c1-3-25-17-11-15-14(10-16(17)23-19(25)26)18(22-12-21-15)20-7-9-24-8-5-4-6-13(24)2/h10-13H,3-9H2,1-2H3,(H,23,26)(H,20,21,22). The number of hydrogen-bond acceptors (Lipinski definition) is 5. The first-order valence-electron chi connectivity index (χ1n) is 9.52. The molecule has 1 saturated heterocycles. The molecule has 1 unspecified atom stereocenters. The van der Waals surface area contributed by atoms with Crippen LogP contribution in [-0.2, 0) is 6.54 Å². The molecular weight excluding hydrogens is 328 g/mol. The molecule has 1 aliphatic heterocycles. The van der Waals surface area contributed by atoms with Crippen molar-refractivity contribution in [2.75, 3.05) is 25.0 Å². The highest BCUT2D eigenvalue weighted by molar-refractivity contribution is 5.98. The van der Waals surface area contributed by atoms with Gasteiger partial charge in [-0.05, 0) is 45.4 Å². The molecule has 138 valence electrons. The molecule has 0 radical (unpaired) electrons. The minimum atomic E-state index is -0.0839. The lowest BCUT2D eigenvalue weighted by Gasteiger charge is -2.33. The van der Waals surface area contributed by atoms with Crippen molar-refractivity contribution in [3.05, 3.63) is 28.9 Å². The molecule has 7 nitrogen and oxygen atoms in total. The summed E-state index contributed by atoms with van der Waals surface area (Å²) in [5.41, 5.74) is 2.48. The lowest BCUT2D eigenvalue weighted by Crippen LogP contribution is -2.40. The Labute approximate surface area is 152 Å². The van der Waals surface area contributed by atoms with Gasteiger partial charge in [0, 0.05) is 31.1 Å². The summed E-state index contributed by atoms with van der Waals surface area (Å²) in [4.78, 5) is 26.3. The van der Waals surface area contributed by atoms with Gasteiger partial charge >= 0.3 is 5.69 Å². The van der Waals surface area contributed by atoms with Gasteiger partial charge in [0.05, 0.1) is 16.6 Å². The number of H-pyrrole nitrogens is 1. The number of imidazole rings is 1. The summed E-state index contributed by atoms with van der Waals surface area (Å²) >= 11 is 0. The second-order valence-electron chi connectivity index (χ2n) is 7.09. The smallest absolute Gasteiger partial charge is 0.326 e. The Morgan fingerprint density at radius 3 is 3.00 bits per heavy atom. The molecule has 1 aliphatic rings. The Morgan fingerprint density at radius 2 is 2.19 bits per heavy atom. The first-order chi connectivity index (χ1) is 12.7. The van der Waals surface area contributed by atoms with Crippen LogP contribution < -0.4 is 11.0 Å². The monoisotopic (exact) mass is 354 g/mol. The van der Waals surface area contributed by atoms with Gasteiger partial charge in [-0.2, -0.15) is 0 Å². The van der Waals surface area contributed by atoms with Crippen LogP contribution >= 0.6 is 0 Å². The number of aromatic amines is 1. The Hall–Kier alpha value is -2.41. The third kappa shape index (κ3) is 3.07. The minimum Gasteiger partial charge on any atom is -0.368 e. The van der Waals surface area contributed by atoms with Crippen molar-refractivity contribution in [2.24, 2.45) is 0 Å². The zero-order valence-corrected chi connectivity index (χ0v) is 15.5. The maximum atomic E-state index is 12.1. The van der Waals surface area contributed by atoms with Crippen LogP contribution in [0.4, 0.5) is 5.82 Å². The molecule has 0 saturated carbocycles. The lowest BCUT2D eigenvalue weighted by molar-refractivity contribution is 0.167. The maximum absolute atomic E-state index is 12.1. The fourth-order valence-electron chi connectivity index (χ4n) is 3.97. The fraction of sp³-hybridized carbons (Fsp3) is 0.526. The topological polar surface area (TPSA) is 78.8 Å². The molecule has 1 aromatic carbocycles. The number of anilines is 1. The highest BCUT2D eigenvalue weighted by Gasteiger charge is 2.17. The number of aryl methyl sites for hydroxylation is 1. The first-order valence-corrected chi connectivity index (χ1v) is 9.52. The van der Waals surface area contributed by atoms with E-state index in [1.165, 1.54) is 25.8 Å². The predicted molar refractivity (Wildman–Crippen MR) is 105 cm³/mol. The third-order valence-electron chi connectivity index (χ3n) is 5.48. The first kappa shape index (κ1) is 17.0. The van der Waals surface area contributed by atoms with Crippen molar-refractivity contribution in [1.82, 2.24) is 24.4 Å². The van der Waals surface area contributed by atoms with E-state index in [1.807, 2.05) is 19.1 Å². The van der Waals surface area contributed by atoms with Gasteiger partial charge in [-0.3, -0.25) is 9.47 Å². The van der Waals surface area contributed by atoms with Crippen molar-refractivity contribution >= 4 is 27.8 Å². The molecule has 1 fully saturated rings. The summed E-state index contributed by atoms with van der Waals surface area (Å²) < 4.78 is 1.72. The van der Waals surface area contributed by atoms with E-state index in [-0.39, 0.29) is 5.69 Å². The van der Waals surface area contributed by atoms with E-state index in [0.29, 0.717) is 12.6 Å². The van der Waals surface area contributed by atoms with E-state index in [1.54, 1.807) is 10.9 Å². The summed E-state index contributed by atoms with van der Waals surface area (Å²) in [7, 11) is 0. The third-order valence-corrected chi connectivity index (χ3v) is 5.48. The summed E-state index contributed by atoms with van der Waals surface area (Å²) in [6.07, 6.45) is 5.51. The highest BCUT2D eigenvalue weighted by Crippen LogP contribution is 2.24. The van der Waals surface area contributed by atoms with Crippen LogP contribution in [0.15, 0.2) is 23.3 Å². The average Bonchev–Trinajstić information content (AvgIpc) is 2.95. The quantitative estimate of drug-likeness (QED) is 0.736. The summed E-state index contributed by atoms with van der Waals surface area (Å²) in [6, 6.07) is 4.60. The lowest BCUT2D eigenvalue weighted by atomic mass is 10.0. The van der Waals surface area contributed by atoms with Crippen molar-refractivity contribution < 1.29 is 0 Å². The van der Waals surface area contributed by atoms with E-state index < -0.39 is 0 Å². The van der Waals surface area contributed by atoms with Crippen LogP contribution in [0.5, 0.6) is 0 Å². The molecule has 7 heteroatoms. The molecule has 2 N–H and O–H groups in total. The van der Waals surface area contributed by atoms with E-state index in [0.717, 1.165) is 40.8 Å². The molecule has 1 atom stereocenters. The van der Waals surface area contributed by atoms with Crippen LogP contribution in [0.1, 0.15) is 33.1 Å². The van der Waals surface area contributed by atoms with E-state index in [4.69, 9.17) is 0 Å². The molecule has 2 aromatic heterocycles. The van der Waals surface area contributed by atoms with Gasteiger partial charge in [0.1, 0.15) is 12.1 Å². The molecule has 3 aromatic rings. The molecule has 0 spiro atoms. The van der Waals surface area contributed by atoms with E-state index in [2.05, 4.69) is 32.1 Å². The number of piperidine rings is 1. The van der Waals surface area contributed by atoms with Crippen LogP contribution in [0.25, 0.3) is 21.9 Å². The van der Waals surface area contributed by atoms with Gasteiger partial charge in [-0.1, -0.05) is 6.42 Å². The van der Waals surface area contributed by atoms with Crippen LogP contribution in [-0.4, -0.2) is 50.1 Å². The number of aromatic nitrogens is 4. The van der Waals surface area contributed by atoms with Gasteiger partial charge in [0.2, 0.25) is 0 Å². The summed E-state index contributed by atoms with van der Waals surface area (Å²) in [6.45, 7) is 7.95. The Kier molecular flexibility index (Phi) is 4.63. The van der Waals surface area contributed by atoms with Crippen LogP contribution in [0, 0.1) is 0 Å². The van der Waals surface area contributed by atoms with Gasteiger partial charge in [0.15, 0.2) is 0 Å². The van der Waals surface area contributed by atoms with Crippen molar-refractivity contribution in [1.29, 1.82) is 0 Å². The minimum absolute atomic E-state index is 0.0839. The number of nitrogens with one attached hydrogen (secondary N) is 2. The summed E-state index contributed by atoms with van der Waals surface area (Å²) in [5, 5.41) is 4.40. The number of benzene rings is 1. The van der Waals surface area contributed by atoms with Gasteiger partial charge in [0.25, 0.3) is 0 Å². The Bertz CT molecular complexity index is 975. The van der Waals surface area contributed by atoms with E-state index >= 15 is 0 Å². The maximum Gasteiger partial charge on any atom is 0.326 e. The van der Waals surface area contributed by atoms with Gasteiger partial charge in [-0.25, -0.2) is 14.8 Å². The zero-order chi connectivity index (χ0) is 18.1. The second kappa shape index (κ2) is 7.07. The molecule has 0 aliphatic carbocycles.